The molecule has 0 spiro atoms. The zero-order valence-corrected chi connectivity index (χ0v) is 8.89. The number of rotatable bonds is 4. The molecule has 1 N–H and O–H groups in total. The quantitative estimate of drug-likeness (QED) is 0.725. The van der Waals surface area contributed by atoms with Crippen LogP contribution in [0.1, 0.15) is 40.5 Å². The zero-order valence-electron chi connectivity index (χ0n) is 8.89. The molecule has 3 heteroatoms. The molecule has 0 bridgehead atoms. The Labute approximate surface area is 79.9 Å². The Bertz CT molecular complexity index is 187. The highest BCUT2D eigenvalue weighted by Gasteiger charge is 2.21. The van der Waals surface area contributed by atoms with E-state index in [0.29, 0.717) is 5.92 Å². The lowest BCUT2D eigenvalue weighted by Gasteiger charge is -2.18. The number of nitrogens with one attached hydrogen (secondary N) is 1. The summed E-state index contributed by atoms with van der Waals surface area (Å²) in [5, 5.41) is 2.33. The SMILES string of the molecule is CCC[C@H](C(=O)NC(C)=O)C(C)C. The van der Waals surface area contributed by atoms with Crippen LogP contribution < -0.4 is 5.32 Å². The second-order valence-electron chi connectivity index (χ2n) is 3.68. The van der Waals surface area contributed by atoms with Gasteiger partial charge >= 0.3 is 0 Å². The molecule has 0 heterocycles. The molecule has 0 aromatic carbocycles. The molecule has 0 saturated carbocycles. The second kappa shape index (κ2) is 5.73. The van der Waals surface area contributed by atoms with Crippen molar-refractivity contribution < 1.29 is 9.59 Å². The van der Waals surface area contributed by atoms with Crippen molar-refractivity contribution in [2.24, 2.45) is 11.8 Å². The second-order valence-corrected chi connectivity index (χ2v) is 3.68. The van der Waals surface area contributed by atoms with E-state index in [1.807, 2.05) is 20.8 Å². The Morgan fingerprint density at radius 2 is 1.85 bits per heavy atom. The lowest BCUT2D eigenvalue weighted by Crippen LogP contribution is -2.36. The third-order valence-electron chi connectivity index (χ3n) is 2.04. The summed E-state index contributed by atoms with van der Waals surface area (Å²) in [7, 11) is 0. The van der Waals surface area contributed by atoms with Crippen LogP contribution in [0.4, 0.5) is 0 Å². The standard InChI is InChI=1S/C10H19NO2/c1-5-6-9(7(2)3)10(13)11-8(4)12/h7,9H,5-6H2,1-4H3,(H,11,12,13)/t9-/m0/s1. The van der Waals surface area contributed by atoms with E-state index in [-0.39, 0.29) is 17.7 Å². The third kappa shape index (κ3) is 4.65. The van der Waals surface area contributed by atoms with Crippen LogP contribution in [0.15, 0.2) is 0 Å². The highest BCUT2D eigenvalue weighted by atomic mass is 16.2. The van der Waals surface area contributed by atoms with Gasteiger partial charge in [-0.1, -0.05) is 27.2 Å². The highest BCUT2D eigenvalue weighted by Crippen LogP contribution is 2.16. The number of hydrogen-bond acceptors (Lipinski definition) is 2. The maximum absolute atomic E-state index is 11.5. The molecule has 76 valence electrons. The first-order valence-electron chi connectivity index (χ1n) is 4.80. The van der Waals surface area contributed by atoms with E-state index in [0.717, 1.165) is 12.8 Å². The van der Waals surface area contributed by atoms with E-state index in [1.54, 1.807) is 0 Å². The van der Waals surface area contributed by atoms with E-state index in [9.17, 15) is 9.59 Å². The third-order valence-corrected chi connectivity index (χ3v) is 2.04. The first kappa shape index (κ1) is 12.1. The van der Waals surface area contributed by atoms with Gasteiger partial charge < -0.3 is 0 Å². The van der Waals surface area contributed by atoms with E-state index in [1.165, 1.54) is 6.92 Å². The number of carbonyl (C=O) groups is 2. The lowest BCUT2D eigenvalue weighted by atomic mass is 9.90. The van der Waals surface area contributed by atoms with Gasteiger partial charge in [0, 0.05) is 12.8 Å². The minimum Gasteiger partial charge on any atom is -0.296 e. The number of amides is 2. The summed E-state index contributed by atoms with van der Waals surface area (Å²) in [6.45, 7) is 7.40. The fourth-order valence-electron chi connectivity index (χ4n) is 1.34. The molecule has 0 aliphatic heterocycles. The molecule has 0 rings (SSSR count). The zero-order chi connectivity index (χ0) is 10.4. The smallest absolute Gasteiger partial charge is 0.229 e. The van der Waals surface area contributed by atoms with E-state index in [4.69, 9.17) is 0 Å². The van der Waals surface area contributed by atoms with Crippen LogP contribution in [0.3, 0.4) is 0 Å². The molecular weight excluding hydrogens is 166 g/mol. The van der Waals surface area contributed by atoms with E-state index in [2.05, 4.69) is 5.32 Å². The lowest BCUT2D eigenvalue weighted by molar-refractivity contribution is -0.132. The predicted molar refractivity (Wildman–Crippen MR) is 52.1 cm³/mol. The summed E-state index contributed by atoms with van der Waals surface area (Å²) in [5.41, 5.74) is 0. The maximum Gasteiger partial charge on any atom is 0.229 e. The summed E-state index contributed by atoms with van der Waals surface area (Å²) < 4.78 is 0. The molecular formula is C10H19NO2. The minimum absolute atomic E-state index is 0.0334. The Kier molecular flexibility index (Phi) is 5.35. The number of carbonyl (C=O) groups excluding carboxylic acids is 2. The average Bonchev–Trinajstić information content (AvgIpc) is 1.97. The van der Waals surface area contributed by atoms with Crippen molar-refractivity contribution in [2.45, 2.75) is 40.5 Å². The van der Waals surface area contributed by atoms with Crippen molar-refractivity contribution >= 4 is 11.8 Å². The first-order chi connectivity index (χ1) is 5.99. The number of imide groups is 1. The normalized spacial score (nSPS) is 12.7. The van der Waals surface area contributed by atoms with Crippen LogP contribution in [-0.2, 0) is 9.59 Å². The van der Waals surface area contributed by atoms with Gasteiger partial charge in [0.1, 0.15) is 0 Å². The van der Waals surface area contributed by atoms with Gasteiger partial charge in [0.15, 0.2) is 0 Å². The molecule has 0 unspecified atom stereocenters. The molecule has 1 atom stereocenters. The maximum atomic E-state index is 11.5. The largest absolute Gasteiger partial charge is 0.296 e. The summed E-state index contributed by atoms with van der Waals surface area (Å²) >= 11 is 0. The Balaban J connectivity index is 4.19. The van der Waals surface area contributed by atoms with Gasteiger partial charge in [-0.2, -0.15) is 0 Å². The highest BCUT2D eigenvalue weighted by molar-refractivity contribution is 5.95. The van der Waals surface area contributed by atoms with Crippen LogP contribution in [0, 0.1) is 11.8 Å². The van der Waals surface area contributed by atoms with Crippen molar-refractivity contribution in [1.29, 1.82) is 0 Å². The first-order valence-corrected chi connectivity index (χ1v) is 4.80. The molecule has 0 aromatic rings. The Hall–Kier alpha value is -0.860. The van der Waals surface area contributed by atoms with E-state index < -0.39 is 0 Å². The summed E-state index contributed by atoms with van der Waals surface area (Å²) in [6.07, 6.45) is 1.81. The van der Waals surface area contributed by atoms with Gasteiger partial charge in [-0.3, -0.25) is 14.9 Å². The molecule has 0 fully saturated rings. The van der Waals surface area contributed by atoms with Gasteiger partial charge in [-0.15, -0.1) is 0 Å². The summed E-state index contributed by atoms with van der Waals surface area (Å²) in [6, 6.07) is 0. The van der Waals surface area contributed by atoms with Gasteiger partial charge in [-0.25, -0.2) is 0 Å². The molecule has 0 radical (unpaired) electrons. The fraction of sp³-hybridized carbons (Fsp3) is 0.800. The molecule has 0 aliphatic carbocycles. The molecule has 13 heavy (non-hydrogen) atoms. The minimum atomic E-state index is -0.272. The van der Waals surface area contributed by atoms with Crippen molar-refractivity contribution in [3.63, 3.8) is 0 Å². The van der Waals surface area contributed by atoms with Crippen molar-refractivity contribution in [3.8, 4) is 0 Å². The van der Waals surface area contributed by atoms with Crippen molar-refractivity contribution in [3.05, 3.63) is 0 Å². The van der Waals surface area contributed by atoms with Crippen LogP contribution in [0.5, 0.6) is 0 Å². The van der Waals surface area contributed by atoms with Gasteiger partial charge in [0.25, 0.3) is 0 Å². The van der Waals surface area contributed by atoms with Gasteiger partial charge in [0.05, 0.1) is 0 Å². The topological polar surface area (TPSA) is 46.2 Å². The monoisotopic (exact) mass is 185 g/mol. The van der Waals surface area contributed by atoms with E-state index >= 15 is 0 Å². The average molecular weight is 185 g/mol. The fourth-order valence-corrected chi connectivity index (χ4v) is 1.34. The molecule has 0 aliphatic rings. The Morgan fingerprint density at radius 1 is 1.31 bits per heavy atom. The summed E-state index contributed by atoms with van der Waals surface area (Å²) in [4.78, 5) is 22.1. The molecule has 3 nitrogen and oxygen atoms in total. The van der Waals surface area contributed by atoms with Gasteiger partial charge in [-0.05, 0) is 12.3 Å². The Morgan fingerprint density at radius 3 is 2.15 bits per heavy atom. The van der Waals surface area contributed by atoms with Crippen molar-refractivity contribution in [1.82, 2.24) is 5.32 Å². The molecule has 0 aromatic heterocycles. The van der Waals surface area contributed by atoms with Crippen molar-refractivity contribution in [2.75, 3.05) is 0 Å². The predicted octanol–water partition coefficient (Wildman–Crippen LogP) is 1.72. The van der Waals surface area contributed by atoms with Crippen LogP contribution in [0.2, 0.25) is 0 Å². The summed E-state index contributed by atoms with van der Waals surface area (Å²) in [5.74, 6) is -0.149. The van der Waals surface area contributed by atoms with Crippen LogP contribution >= 0.6 is 0 Å². The van der Waals surface area contributed by atoms with Gasteiger partial charge in [0.2, 0.25) is 11.8 Å². The molecule has 2 amide bonds. The van der Waals surface area contributed by atoms with Crippen LogP contribution in [0.25, 0.3) is 0 Å². The molecule has 0 saturated heterocycles. The van der Waals surface area contributed by atoms with Crippen LogP contribution in [-0.4, -0.2) is 11.8 Å². The number of hydrogen-bond donors (Lipinski definition) is 1.